The van der Waals surface area contributed by atoms with E-state index < -0.39 is 33.8 Å². The minimum atomic E-state index is -4.07. The summed E-state index contributed by atoms with van der Waals surface area (Å²) in [7, 11) is -4.07. The van der Waals surface area contributed by atoms with Crippen LogP contribution in [0.4, 0.5) is 10.1 Å². The molecule has 2 aromatic rings. The summed E-state index contributed by atoms with van der Waals surface area (Å²) in [5, 5.41) is 2.63. The minimum Gasteiger partial charge on any atom is -0.449 e. The van der Waals surface area contributed by atoms with Crippen LogP contribution >= 0.6 is 0 Å². The summed E-state index contributed by atoms with van der Waals surface area (Å²) < 4.78 is 46.1. The molecule has 156 valence electrons. The first-order valence-electron chi connectivity index (χ1n) is 8.90. The SMILES string of the molecule is Cc1ccc(F)cc1S(=O)(=O)Nc1cccc(C(=O)O[C@H](C)C(=O)NC(C)C)c1. The number of hydrogen-bond donors (Lipinski definition) is 2. The predicted octanol–water partition coefficient (Wildman–Crippen LogP) is 3.00. The van der Waals surface area contributed by atoms with Gasteiger partial charge in [0.1, 0.15) is 5.82 Å². The number of carbonyl (C=O) groups is 2. The van der Waals surface area contributed by atoms with Crippen molar-refractivity contribution in [3.05, 3.63) is 59.4 Å². The second kappa shape index (κ2) is 9.04. The number of halogens is 1. The minimum absolute atomic E-state index is 0.0605. The molecule has 0 bridgehead atoms. The molecule has 0 aliphatic rings. The zero-order valence-electron chi connectivity index (χ0n) is 16.5. The number of rotatable bonds is 7. The first-order valence-corrected chi connectivity index (χ1v) is 10.4. The van der Waals surface area contributed by atoms with Crippen LogP contribution in [0.5, 0.6) is 0 Å². The lowest BCUT2D eigenvalue weighted by Gasteiger charge is -2.16. The third-order valence-electron chi connectivity index (χ3n) is 3.87. The average molecular weight is 422 g/mol. The van der Waals surface area contributed by atoms with Crippen LogP contribution in [-0.2, 0) is 19.6 Å². The fourth-order valence-electron chi connectivity index (χ4n) is 2.47. The van der Waals surface area contributed by atoms with Crippen molar-refractivity contribution in [1.82, 2.24) is 5.32 Å². The lowest BCUT2D eigenvalue weighted by atomic mass is 10.2. The van der Waals surface area contributed by atoms with Crippen molar-refractivity contribution >= 4 is 27.6 Å². The van der Waals surface area contributed by atoms with Crippen LogP contribution in [-0.4, -0.2) is 32.4 Å². The summed E-state index contributed by atoms with van der Waals surface area (Å²) in [5.41, 5.74) is 0.534. The molecule has 0 fully saturated rings. The molecule has 0 saturated heterocycles. The summed E-state index contributed by atoms with van der Waals surface area (Å²) in [4.78, 5) is 24.0. The normalized spacial score (nSPS) is 12.3. The Morgan fingerprint density at radius 2 is 1.76 bits per heavy atom. The molecule has 29 heavy (non-hydrogen) atoms. The van der Waals surface area contributed by atoms with Gasteiger partial charge in [0.15, 0.2) is 6.10 Å². The van der Waals surface area contributed by atoms with E-state index >= 15 is 0 Å². The van der Waals surface area contributed by atoms with E-state index in [-0.39, 0.29) is 22.2 Å². The van der Waals surface area contributed by atoms with Crippen LogP contribution in [0.1, 0.15) is 36.7 Å². The van der Waals surface area contributed by atoms with E-state index in [4.69, 9.17) is 4.74 Å². The van der Waals surface area contributed by atoms with Gasteiger partial charge in [-0.25, -0.2) is 17.6 Å². The van der Waals surface area contributed by atoms with Gasteiger partial charge in [0.05, 0.1) is 10.5 Å². The molecule has 0 aliphatic carbocycles. The number of hydrogen-bond acceptors (Lipinski definition) is 5. The maximum absolute atomic E-state index is 13.5. The van der Waals surface area contributed by atoms with Gasteiger partial charge in [-0.05, 0) is 63.6 Å². The maximum atomic E-state index is 13.5. The molecule has 0 radical (unpaired) electrons. The molecule has 0 spiro atoms. The largest absolute Gasteiger partial charge is 0.449 e. The number of sulfonamides is 1. The fourth-order valence-corrected chi connectivity index (χ4v) is 3.77. The summed E-state index contributed by atoms with van der Waals surface area (Å²) in [6.07, 6.45) is -1.01. The number of anilines is 1. The number of carbonyl (C=O) groups excluding carboxylic acids is 2. The molecule has 2 N–H and O–H groups in total. The number of amides is 1. The lowest BCUT2D eigenvalue weighted by molar-refractivity contribution is -0.129. The Bertz CT molecular complexity index is 1020. The summed E-state index contributed by atoms with van der Waals surface area (Å²) >= 11 is 0. The monoisotopic (exact) mass is 422 g/mol. The number of ether oxygens (including phenoxy) is 1. The molecule has 0 aromatic heterocycles. The van der Waals surface area contributed by atoms with Gasteiger partial charge >= 0.3 is 5.97 Å². The topological polar surface area (TPSA) is 102 Å². The number of benzene rings is 2. The van der Waals surface area contributed by atoms with E-state index in [1.807, 2.05) is 0 Å². The van der Waals surface area contributed by atoms with E-state index in [0.29, 0.717) is 5.56 Å². The third-order valence-corrected chi connectivity index (χ3v) is 5.40. The Morgan fingerprint density at radius 3 is 2.41 bits per heavy atom. The van der Waals surface area contributed by atoms with E-state index in [0.717, 1.165) is 6.07 Å². The molecule has 0 saturated carbocycles. The Labute approximate surface area is 169 Å². The van der Waals surface area contributed by atoms with Crippen LogP contribution in [0.3, 0.4) is 0 Å². The molecule has 2 rings (SSSR count). The highest BCUT2D eigenvalue weighted by molar-refractivity contribution is 7.92. The summed E-state index contributed by atoms with van der Waals surface area (Å²) in [5.74, 6) is -1.90. The van der Waals surface area contributed by atoms with E-state index in [9.17, 15) is 22.4 Å². The third kappa shape index (κ3) is 6.02. The smallest absolute Gasteiger partial charge is 0.338 e. The van der Waals surface area contributed by atoms with Gasteiger partial charge in [0, 0.05) is 11.7 Å². The first kappa shape index (κ1) is 22.4. The zero-order chi connectivity index (χ0) is 21.8. The van der Waals surface area contributed by atoms with Crippen molar-refractivity contribution < 1.29 is 27.1 Å². The number of esters is 1. The fraction of sp³-hybridized carbons (Fsp3) is 0.300. The van der Waals surface area contributed by atoms with Gasteiger partial charge in [0.2, 0.25) is 0 Å². The Balaban J connectivity index is 2.18. The molecule has 1 amide bonds. The highest BCUT2D eigenvalue weighted by atomic mass is 32.2. The summed E-state index contributed by atoms with van der Waals surface area (Å²) in [6.45, 7) is 6.55. The lowest BCUT2D eigenvalue weighted by Crippen LogP contribution is -2.39. The summed E-state index contributed by atoms with van der Waals surface area (Å²) in [6, 6.07) is 8.96. The molecular weight excluding hydrogens is 399 g/mol. The Hall–Kier alpha value is -2.94. The molecule has 9 heteroatoms. The van der Waals surface area contributed by atoms with E-state index in [1.54, 1.807) is 20.8 Å². The van der Waals surface area contributed by atoms with Crippen LogP contribution in [0.25, 0.3) is 0 Å². The van der Waals surface area contributed by atoms with Crippen LogP contribution in [0.15, 0.2) is 47.4 Å². The van der Waals surface area contributed by atoms with Crippen LogP contribution in [0.2, 0.25) is 0 Å². The van der Waals surface area contributed by atoms with Crippen LogP contribution < -0.4 is 10.0 Å². The number of nitrogens with one attached hydrogen (secondary N) is 2. The highest BCUT2D eigenvalue weighted by Gasteiger charge is 2.21. The van der Waals surface area contributed by atoms with E-state index in [2.05, 4.69) is 10.0 Å². The Kier molecular flexibility index (Phi) is 6.97. The molecule has 0 unspecified atom stereocenters. The van der Waals surface area contributed by atoms with Gasteiger partial charge < -0.3 is 10.1 Å². The first-order chi connectivity index (χ1) is 13.5. The average Bonchev–Trinajstić information content (AvgIpc) is 2.62. The van der Waals surface area contributed by atoms with E-state index in [1.165, 1.54) is 43.3 Å². The molecule has 0 aliphatic heterocycles. The van der Waals surface area contributed by atoms with Crippen molar-refractivity contribution in [2.24, 2.45) is 0 Å². The van der Waals surface area contributed by atoms with Gasteiger partial charge in [0.25, 0.3) is 15.9 Å². The van der Waals surface area contributed by atoms with Crippen molar-refractivity contribution in [1.29, 1.82) is 0 Å². The standard InChI is InChI=1S/C20H23FN2O5S/c1-12(2)22-19(24)14(4)28-20(25)15-6-5-7-17(10-15)23-29(26,27)18-11-16(21)9-8-13(18)3/h5-12,14,23H,1-4H3,(H,22,24)/t14-/m1/s1. The van der Waals surface area contributed by atoms with Crippen LogP contribution in [0, 0.1) is 12.7 Å². The molecule has 1 atom stereocenters. The molecule has 7 nitrogen and oxygen atoms in total. The van der Waals surface area contributed by atoms with Crippen molar-refractivity contribution in [3.8, 4) is 0 Å². The zero-order valence-corrected chi connectivity index (χ0v) is 17.3. The van der Waals surface area contributed by atoms with Gasteiger partial charge in [-0.1, -0.05) is 12.1 Å². The number of aryl methyl sites for hydroxylation is 1. The van der Waals surface area contributed by atoms with Crippen molar-refractivity contribution in [2.45, 2.75) is 44.7 Å². The molecular formula is C20H23FN2O5S. The van der Waals surface area contributed by atoms with Gasteiger partial charge in [-0.3, -0.25) is 9.52 Å². The molecule has 0 heterocycles. The van der Waals surface area contributed by atoms with Gasteiger partial charge in [-0.15, -0.1) is 0 Å². The van der Waals surface area contributed by atoms with Crippen molar-refractivity contribution in [3.63, 3.8) is 0 Å². The second-order valence-corrected chi connectivity index (χ2v) is 8.46. The quantitative estimate of drug-likeness (QED) is 0.668. The van der Waals surface area contributed by atoms with Crippen molar-refractivity contribution in [2.75, 3.05) is 4.72 Å². The predicted molar refractivity (Wildman–Crippen MR) is 107 cm³/mol. The second-order valence-electron chi connectivity index (χ2n) is 6.81. The molecule has 2 aromatic carbocycles. The highest BCUT2D eigenvalue weighted by Crippen LogP contribution is 2.21. The Morgan fingerprint density at radius 1 is 1.07 bits per heavy atom. The van der Waals surface area contributed by atoms with Gasteiger partial charge in [-0.2, -0.15) is 0 Å². The maximum Gasteiger partial charge on any atom is 0.338 e.